The maximum absolute atomic E-state index is 5.82. The Labute approximate surface area is 121 Å². The summed E-state index contributed by atoms with van der Waals surface area (Å²) in [5.41, 5.74) is 9.36. The van der Waals surface area contributed by atoms with Crippen LogP contribution in [0.5, 0.6) is 5.75 Å². The second-order valence-electron chi connectivity index (χ2n) is 4.74. The number of aromatic nitrogens is 1. The number of rotatable bonds is 6. The Balaban J connectivity index is 1.63. The smallest absolute Gasteiger partial charge is 0.205 e. The normalized spacial score (nSPS) is 14.6. The van der Waals surface area contributed by atoms with E-state index in [4.69, 9.17) is 10.5 Å². The molecule has 6 heteroatoms. The maximum Gasteiger partial charge on any atom is 0.205 e. The molecule has 1 aliphatic carbocycles. The first-order valence-electron chi connectivity index (χ1n) is 6.53. The molecule has 20 heavy (non-hydrogen) atoms. The molecule has 0 saturated heterocycles. The fraction of sp³-hybridized carbons (Fsp3) is 0.286. The number of thiazole rings is 1. The number of nitrogens with two attached hydrogens (primary N) is 1. The summed E-state index contributed by atoms with van der Waals surface area (Å²) in [4.78, 5) is 4.07. The monoisotopic (exact) mass is 288 g/mol. The number of hydrogen-bond donors (Lipinski definition) is 2. The third-order valence-electron chi connectivity index (χ3n) is 2.98. The van der Waals surface area contributed by atoms with Gasteiger partial charge in [-0.05, 0) is 30.9 Å². The van der Waals surface area contributed by atoms with E-state index in [1.54, 1.807) is 11.6 Å². The number of benzene rings is 1. The van der Waals surface area contributed by atoms with Gasteiger partial charge in [0.25, 0.3) is 0 Å². The Bertz CT molecular complexity index is 607. The molecule has 0 atom stereocenters. The predicted molar refractivity (Wildman–Crippen MR) is 82.4 cm³/mol. The average Bonchev–Trinajstić information content (AvgIpc) is 3.20. The molecule has 0 amide bonds. The van der Waals surface area contributed by atoms with Crippen molar-refractivity contribution in [3.8, 4) is 5.75 Å². The zero-order valence-electron chi connectivity index (χ0n) is 11.0. The molecule has 1 saturated carbocycles. The number of nitrogens with zero attached hydrogens (tertiary/aromatic N) is 2. The Morgan fingerprint density at radius 2 is 2.30 bits per heavy atom. The number of para-hydroxylation sites is 1. The lowest BCUT2D eigenvalue weighted by atomic mass is 10.2. The molecule has 0 aliphatic heterocycles. The van der Waals surface area contributed by atoms with Crippen LogP contribution < -0.4 is 15.9 Å². The van der Waals surface area contributed by atoms with Crippen LogP contribution in [0.15, 0.2) is 34.7 Å². The second kappa shape index (κ2) is 5.92. The zero-order chi connectivity index (χ0) is 13.8. The van der Waals surface area contributed by atoms with Crippen molar-refractivity contribution in [3.63, 3.8) is 0 Å². The average molecular weight is 288 g/mol. The van der Waals surface area contributed by atoms with Gasteiger partial charge in [0, 0.05) is 10.9 Å². The molecular formula is C14H16N4OS. The molecule has 1 aromatic heterocycles. The number of hydrogen-bond acceptors (Lipinski definition) is 6. The van der Waals surface area contributed by atoms with E-state index >= 15 is 0 Å². The van der Waals surface area contributed by atoms with Crippen molar-refractivity contribution in [2.45, 2.75) is 12.8 Å². The lowest BCUT2D eigenvalue weighted by molar-refractivity contribution is 0.299. The van der Waals surface area contributed by atoms with E-state index in [0.717, 1.165) is 23.8 Å². The van der Waals surface area contributed by atoms with Crippen LogP contribution in [0.3, 0.4) is 0 Å². The number of ether oxygens (including phenoxy) is 1. The summed E-state index contributed by atoms with van der Waals surface area (Å²) in [6.45, 7) is 0.793. The molecule has 1 heterocycles. The highest BCUT2D eigenvalue weighted by Gasteiger charge is 2.22. The SMILES string of the molecule is Nc1csc(NN=Cc2ccccc2OCC2CC2)n1. The van der Waals surface area contributed by atoms with Crippen molar-refractivity contribution in [2.24, 2.45) is 11.0 Å². The fourth-order valence-corrected chi connectivity index (χ4v) is 2.25. The standard InChI is InChI=1S/C14H16N4OS/c15-13-9-20-14(17-13)18-16-7-11-3-1-2-4-12(11)19-8-10-5-6-10/h1-4,7,9-10H,5-6,8,15H2,(H,17,18). The molecule has 1 aromatic carbocycles. The van der Waals surface area contributed by atoms with Crippen molar-refractivity contribution in [2.75, 3.05) is 17.8 Å². The highest BCUT2D eigenvalue weighted by atomic mass is 32.1. The third-order valence-corrected chi connectivity index (χ3v) is 3.74. The molecule has 5 nitrogen and oxygen atoms in total. The van der Waals surface area contributed by atoms with E-state index in [1.165, 1.54) is 24.2 Å². The van der Waals surface area contributed by atoms with Crippen LogP contribution in [-0.4, -0.2) is 17.8 Å². The fourth-order valence-electron chi connectivity index (χ4n) is 1.71. The van der Waals surface area contributed by atoms with Gasteiger partial charge in [-0.25, -0.2) is 4.98 Å². The van der Waals surface area contributed by atoms with E-state index in [0.29, 0.717) is 10.9 Å². The summed E-state index contributed by atoms with van der Waals surface area (Å²) in [5, 5.41) is 6.61. The van der Waals surface area contributed by atoms with Gasteiger partial charge in [0.15, 0.2) is 0 Å². The first kappa shape index (κ1) is 12.9. The van der Waals surface area contributed by atoms with Gasteiger partial charge < -0.3 is 10.5 Å². The molecule has 0 unspecified atom stereocenters. The van der Waals surface area contributed by atoms with E-state index in [9.17, 15) is 0 Å². The number of nitrogen functional groups attached to an aromatic ring is 1. The molecule has 0 spiro atoms. The van der Waals surface area contributed by atoms with Gasteiger partial charge in [-0.15, -0.1) is 11.3 Å². The van der Waals surface area contributed by atoms with E-state index < -0.39 is 0 Å². The zero-order valence-corrected chi connectivity index (χ0v) is 11.8. The highest BCUT2D eigenvalue weighted by Crippen LogP contribution is 2.30. The maximum atomic E-state index is 5.82. The van der Waals surface area contributed by atoms with Crippen LogP contribution in [0, 0.1) is 5.92 Å². The highest BCUT2D eigenvalue weighted by molar-refractivity contribution is 7.14. The molecule has 1 aliphatic rings. The van der Waals surface area contributed by atoms with Gasteiger partial charge in [0.2, 0.25) is 5.13 Å². The lowest BCUT2D eigenvalue weighted by Crippen LogP contribution is -2.01. The quantitative estimate of drug-likeness (QED) is 0.633. The van der Waals surface area contributed by atoms with Crippen molar-refractivity contribution in [1.29, 1.82) is 0 Å². The van der Waals surface area contributed by atoms with Crippen LogP contribution in [0.25, 0.3) is 0 Å². The van der Waals surface area contributed by atoms with E-state index in [2.05, 4.69) is 15.5 Å². The molecule has 0 radical (unpaired) electrons. The van der Waals surface area contributed by atoms with Gasteiger partial charge in [-0.3, -0.25) is 5.43 Å². The summed E-state index contributed by atoms with van der Waals surface area (Å²) < 4.78 is 5.82. The molecule has 104 valence electrons. The molecule has 3 N–H and O–H groups in total. The number of hydrazone groups is 1. The first-order chi connectivity index (χ1) is 9.81. The van der Waals surface area contributed by atoms with Crippen LogP contribution in [0.1, 0.15) is 18.4 Å². The molecule has 0 bridgehead atoms. The van der Waals surface area contributed by atoms with Crippen LogP contribution in [-0.2, 0) is 0 Å². The summed E-state index contributed by atoms with van der Waals surface area (Å²) in [6.07, 6.45) is 4.30. The minimum Gasteiger partial charge on any atom is -0.493 e. The molecule has 1 fully saturated rings. The first-order valence-corrected chi connectivity index (χ1v) is 7.41. The Morgan fingerprint density at radius 1 is 1.45 bits per heavy atom. The third kappa shape index (κ3) is 3.48. The number of nitrogens with one attached hydrogen (secondary N) is 1. The van der Waals surface area contributed by atoms with Crippen LogP contribution in [0.4, 0.5) is 10.9 Å². The Morgan fingerprint density at radius 3 is 3.05 bits per heavy atom. The summed E-state index contributed by atoms with van der Waals surface area (Å²) >= 11 is 1.42. The lowest BCUT2D eigenvalue weighted by Gasteiger charge is -2.07. The van der Waals surface area contributed by atoms with Crippen molar-refractivity contribution in [3.05, 3.63) is 35.2 Å². The summed E-state index contributed by atoms with van der Waals surface area (Å²) in [6, 6.07) is 7.87. The van der Waals surface area contributed by atoms with Gasteiger partial charge >= 0.3 is 0 Å². The van der Waals surface area contributed by atoms with E-state index in [-0.39, 0.29) is 0 Å². The minimum atomic E-state index is 0.501. The second-order valence-corrected chi connectivity index (χ2v) is 5.60. The van der Waals surface area contributed by atoms with Crippen molar-refractivity contribution in [1.82, 2.24) is 4.98 Å². The predicted octanol–water partition coefficient (Wildman–Crippen LogP) is 2.96. The van der Waals surface area contributed by atoms with Gasteiger partial charge in [0.05, 0.1) is 12.8 Å². The summed E-state index contributed by atoms with van der Waals surface area (Å²) in [7, 11) is 0. The van der Waals surface area contributed by atoms with Crippen LogP contribution in [0.2, 0.25) is 0 Å². The Hall–Kier alpha value is -2.08. The van der Waals surface area contributed by atoms with Crippen molar-refractivity contribution >= 4 is 28.5 Å². The van der Waals surface area contributed by atoms with Crippen molar-refractivity contribution < 1.29 is 4.74 Å². The number of anilines is 2. The van der Waals surface area contributed by atoms with E-state index in [1.807, 2.05) is 24.3 Å². The molecular weight excluding hydrogens is 272 g/mol. The molecule has 3 rings (SSSR count). The largest absolute Gasteiger partial charge is 0.493 e. The van der Waals surface area contributed by atoms with Gasteiger partial charge in [0.1, 0.15) is 11.6 Å². The summed E-state index contributed by atoms with van der Waals surface area (Å²) in [5.74, 6) is 2.10. The topological polar surface area (TPSA) is 72.5 Å². The Kier molecular flexibility index (Phi) is 3.83. The van der Waals surface area contributed by atoms with Gasteiger partial charge in [-0.2, -0.15) is 5.10 Å². The van der Waals surface area contributed by atoms with Crippen LogP contribution >= 0.6 is 11.3 Å². The van der Waals surface area contributed by atoms with Gasteiger partial charge in [-0.1, -0.05) is 12.1 Å². The minimum absolute atomic E-state index is 0.501. The molecule has 2 aromatic rings.